The van der Waals surface area contributed by atoms with Crippen molar-refractivity contribution in [3.63, 3.8) is 0 Å². The molecule has 0 aliphatic carbocycles. The SMILES string of the molecule is Cn1nnc(-c2ccc(Cl)cc2)n1. The fourth-order valence-electron chi connectivity index (χ4n) is 0.999. The minimum absolute atomic E-state index is 0.610. The molecule has 0 saturated heterocycles. The van der Waals surface area contributed by atoms with Crippen molar-refractivity contribution in [3.8, 4) is 11.4 Å². The molecule has 0 aliphatic heterocycles. The number of hydrogen-bond donors (Lipinski definition) is 0. The lowest BCUT2D eigenvalue weighted by atomic mass is 10.2. The summed E-state index contributed by atoms with van der Waals surface area (Å²) in [7, 11) is 1.73. The quantitative estimate of drug-likeness (QED) is 0.692. The third kappa shape index (κ3) is 1.67. The average molecular weight is 195 g/mol. The predicted molar refractivity (Wildman–Crippen MR) is 49.2 cm³/mol. The molecule has 0 saturated carbocycles. The summed E-state index contributed by atoms with van der Waals surface area (Å²) in [5.74, 6) is 0.610. The Hall–Kier alpha value is -1.42. The maximum Gasteiger partial charge on any atom is 0.204 e. The van der Waals surface area contributed by atoms with Gasteiger partial charge in [-0.1, -0.05) is 11.6 Å². The van der Waals surface area contributed by atoms with E-state index < -0.39 is 0 Å². The number of benzene rings is 1. The molecule has 0 atom stereocenters. The van der Waals surface area contributed by atoms with Crippen LogP contribution in [0, 0.1) is 0 Å². The zero-order valence-electron chi connectivity index (χ0n) is 6.98. The van der Waals surface area contributed by atoms with E-state index in [-0.39, 0.29) is 0 Å². The normalized spacial score (nSPS) is 10.3. The number of halogens is 1. The summed E-state index contributed by atoms with van der Waals surface area (Å²) in [4.78, 5) is 1.42. The van der Waals surface area contributed by atoms with Crippen LogP contribution in [0.25, 0.3) is 11.4 Å². The first kappa shape index (κ1) is 8.19. The zero-order valence-corrected chi connectivity index (χ0v) is 7.73. The van der Waals surface area contributed by atoms with Gasteiger partial charge in [0.1, 0.15) is 0 Å². The summed E-state index contributed by atoms with van der Waals surface area (Å²) < 4.78 is 0. The van der Waals surface area contributed by atoms with E-state index in [1.807, 2.05) is 12.1 Å². The Morgan fingerprint density at radius 2 is 1.92 bits per heavy atom. The first-order valence-corrected chi connectivity index (χ1v) is 4.13. The Morgan fingerprint density at radius 1 is 1.23 bits per heavy atom. The number of aryl methyl sites for hydroxylation is 1. The van der Waals surface area contributed by atoms with Crippen molar-refractivity contribution < 1.29 is 0 Å². The van der Waals surface area contributed by atoms with Gasteiger partial charge >= 0.3 is 0 Å². The van der Waals surface area contributed by atoms with E-state index in [4.69, 9.17) is 11.6 Å². The Bertz CT molecular complexity index is 406. The third-order valence-corrected chi connectivity index (χ3v) is 1.86. The van der Waals surface area contributed by atoms with Gasteiger partial charge in [0, 0.05) is 10.6 Å². The van der Waals surface area contributed by atoms with Crippen LogP contribution in [0.1, 0.15) is 0 Å². The van der Waals surface area contributed by atoms with Crippen LogP contribution in [0.4, 0.5) is 0 Å². The number of nitrogens with zero attached hydrogens (tertiary/aromatic N) is 4. The molecule has 1 heterocycles. The maximum absolute atomic E-state index is 5.74. The zero-order chi connectivity index (χ0) is 9.26. The van der Waals surface area contributed by atoms with Crippen molar-refractivity contribution in [2.24, 2.45) is 7.05 Å². The van der Waals surface area contributed by atoms with Crippen LogP contribution in [-0.2, 0) is 7.05 Å². The molecule has 0 radical (unpaired) electrons. The fourth-order valence-corrected chi connectivity index (χ4v) is 1.12. The monoisotopic (exact) mass is 194 g/mol. The highest BCUT2D eigenvalue weighted by Gasteiger charge is 2.02. The molecule has 4 nitrogen and oxygen atoms in total. The van der Waals surface area contributed by atoms with Crippen molar-refractivity contribution in [1.82, 2.24) is 20.2 Å². The van der Waals surface area contributed by atoms with Gasteiger partial charge in [-0.25, -0.2) is 0 Å². The molecule has 0 fully saturated rings. The minimum Gasteiger partial charge on any atom is -0.167 e. The smallest absolute Gasteiger partial charge is 0.167 e. The molecule has 1 aromatic heterocycles. The van der Waals surface area contributed by atoms with Gasteiger partial charge in [-0.05, 0) is 29.5 Å². The Labute approximate surface area is 80.1 Å². The standard InChI is InChI=1S/C8H7ClN4/c1-13-11-8(10-12-13)6-2-4-7(9)5-3-6/h2-5H,1H3. The second kappa shape index (κ2) is 3.14. The highest BCUT2D eigenvalue weighted by molar-refractivity contribution is 6.30. The molecule has 0 spiro atoms. The molecule has 5 heteroatoms. The van der Waals surface area contributed by atoms with E-state index in [0.717, 1.165) is 5.56 Å². The van der Waals surface area contributed by atoms with Gasteiger partial charge in [-0.15, -0.1) is 10.2 Å². The van der Waals surface area contributed by atoms with Crippen molar-refractivity contribution >= 4 is 11.6 Å². The fraction of sp³-hybridized carbons (Fsp3) is 0.125. The lowest BCUT2D eigenvalue weighted by molar-refractivity contribution is 0.630. The lowest BCUT2D eigenvalue weighted by Gasteiger charge is -1.92. The van der Waals surface area contributed by atoms with Crippen molar-refractivity contribution in [2.45, 2.75) is 0 Å². The molecule has 0 aliphatic rings. The second-order valence-electron chi connectivity index (χ2n) is 2.61. The number of rotatable bonds is 1. The van der Waals surface area contributed by atoms with E-state index in [0.29, 0.717) is 10.8 Å². The van der Waals surface area contributed by atoms with Crippen molar-refractivity contribution in [1.29, 1.82) is 0 Å². The molecule has 1 aromatic carbocycles. The van der Waals surface area contributed by atoms with Crippen LogP contribution in [0.5, 0.6) is 0 Å². The Balaban J connectivity index is 2.41. The molecule has 2 rings (SSSR count). The van der Waals surface area contributed by atoms with Gasteiger partial charge in [0.15, 0.2) is 0 Å². The van der Waals surface area contributed by atoms with E-state index in [2.05, 4.69) is 15.4 Å². The summed E-state index contributed by atoms with van der Waals surface area (Å²) >= 11 is 5.74. The summed E-state index contributed by atoms with van der Waals surface area (Å²) in [5, 5.41) is 12.4. The lowest BCUT2D eigenvalue weighted by Crippen LogP contribution is -1.91. The van der Waals surface area contributed by atoms with E-state index in [1.165, 1.54) is 4.80 Å². The molecular formula is C8H7ClN4. The molecule has 0 N–H and O–H groups in total. The highest BCUT2D eigenvalue weighted by Crippen LogP contribution is 2.16. The molecular weight excluding hydrogens is 188 g/mol. The largest absolute Gasteiger partial charge is 0.204 e. The Morgan fingerprint density at radius 3 is 2.46 bits per heavy atom. The molecule has 0 unspecified atom stereocenters. The predicted octanol–water partition coefficient (Wildman–Crippen LogP) is 1.53. The van der Waals surface area contributed by atoms with Gasteiger partial charge in [0.2, 0.25) is 5.82 Å². The Kier molecular flexibility index (Phi) is 1.98. The number of hydrogen-bond acceptors (Lipinski definition) is 3. The third-order valence-electron chi connectivity index (χ3n) is 1.61. The molecule has 13 heavy (non-hydrogen) atoms. The van der Waals surface area contributed by atoms with Crippen LogP contribution in [-0.4, -0.2) is 20.2 Å². The molecule has 0 bridgehead atoms. The summed E-state index contributed by atoms with van der Waals surface area (Å²) in [6.45, 7) is 0. The second-order valence-corrected chi connectivity index (χ2v) is 3.05. The highest BCUT2D eigenvalue weighted by atomic mass is 35.5. The molecule has 66 valence electrons. The topological polar surface area (TPSA) is 43.6 Å². The van der Waals surface area contributed by atoms with Crippen LogP contribution < -0.4 is 0 Å². The number of aromatic nitrogens is 4. The van der Waals surface area contributed by atoms with Crippen LogP contribution in [0.15, 0.2) is 24.3 Å². The van der Waals surface area contributed by atoms with Crippen LogP contribution in [0.2, 0.25) is 5.02 Å². The van der Waals surface area contributed by atoms with Gasteiger partial charge in [-0.2, -0.15) is 4.80 Å². The minimum atomic E-state index is 0.610. The average Bonchev–Trinajstić information content (AvgIpc) is 2.53. The summed E-state index contributed by atoms with van der Waals surface area (Å²) in [6.07, 6.45) is 0. The summed E-state index contributed by atoms with van der Waals surface area (Å²) in [5.41, 5.74) is 0.914. The van der Waals surface area contributed by atoms with Crippen LogP contribution in [0.3, 0.4) is 0 Å². The maximum atomic E-state index is 5.74. The van der Waals surface area contributed by atoms with Crippen LogP contribution >= 0.6 is 11.6 Å². The van der Waals surface area contributed by atoms with E-state index in [9.17, 15) is 0 Å². The molecule has 2 aromatic rings. The van der Waals surface area contributed by atoms with Gasteiger partial charge < -0.3 is 0 Å². The molecule has 0 amide bonds. The van der Waals surface area contributed by atoms with E-state index >= 15 is 0 Å². The summed E-state index contributed by atoms with van der Waals surface area (Å²) in [6, 6.07) is 7.32. The van der Waals surface area contributed by atoms with Crippen molar-refractivity contribution in [3.05, 3.63) is 29.3 Å². The van der Waals surface area contributed by atoms with Crippen molar-refractivity contribution in [2.75, 3.05) is 0 Å². The first-order valence-electron chi connectivity index (χ1n) is 3.75. The van der Waals surface area contributed by atoms with Gasteiger partial charge in [0.05, 0.1) is 7.05 Å². The van der Waals surface area contributed by atoms with Gasteiger partial charge in [0.25, 0.3) is 0 Å². The van der Waals surface area contributed by atoms with Gasteiger partial charge in [-0.3, -0.25) is 0 Å². The van der Waals surface area contributed by atoms with E-state index in [1.54, 1.807) is 19.2 Å². The number of tetrazole rings is 1. The first-order chi connectivity index (χ1) is 6.25.